The minimum absolute atomic E-state index is 0.0374. The largest absolute Gasteiger partial charge is 0.479 e. The van der Waals surface area contributed by atoms with Crippen LogP contribution in [0.5, 0.6) is 0 Å². The van der Waals surface area contributed by atoms with Crippen LogP contribution in [0.4, 0.5) is 0 Å². The molecule has 0 radical (unpaired) electrons. The number of hydrogen-bond donors (Lipinski definition) is 7. The quantitative estimate of drug-likeness (QED) is 0.120. The van der Waals surface area contributed by atoms with Crippen molar-refractivity contribution in [2.24, 2.45) is 0 Å². The van der Waals surface area contributed by atoms with E-state index in [0.717, 1.165) is 17.5 Å². The second-order valence-corrected chi connectivity index (χ2v) is 9.22. The molecule has 13 nitrogen and oxygen atoms in total. The van der Waals surface area contributed by atoms with Crippen LogP contribution in [0.3, 0.4) is 0 Å². The molecule has 0 bridgehead atoms. The van der Waals surface area contributed by atoms with Gasteiger partial charge in [-0.1, -0.05) is 91.0 Å². The van der Waals surface area contributed by atoms with E-state index >= 15 is 0 Å². The van der Waals surface area contributed by atoms with Crippen LogP contribution >= 0.6 is 0 Å². The first-order valence-corrected chi connectivity index (χ1v) is 13.7. The molecular formula is C32H38O13. The van der Waals surface area contributed by atoms with Crippen molar-refractivity contribution in [1.82, 2.24) is 0 Å². The number of carbonyl (C=O) groups is 4. The third-order valence-corrected chi connectivity index (χ3v) is 5.79. The highest BCUT2D eigenvalue weighted by molar-refractivity contribution is 5.85. The summed E-state index contributed by atoms with van der Waals surface area (Å²) in [4.78, 5) is 43.0. The Morgan fingerprint density at radius 3 is 1.04 bits per heavy atom. The SMILES string of the molecule is O=C(O)[C@H](O)[C@@H](O)C(=O)O.O=C(OCCc1ccccc1)[C@H](O)[C@@H](O)C(=O)OCCc1ccccc1.OCCc1ccccc1. The van der Waals surface area contributed by atoms with Gasteiger partial charge >= 0.3 is 23.9 Å². The number of aliphatic hydroxyl groups is 5. The number of esters is 2. The lowest BCUT2D eigenvalue weighted by Crippen LogP contribution is -2.42. The molecule has 0 heterocycles. The van der Waals surface area contributed by atoms with Crippen LogP contribution in [-0.4, -0.2) is 104 Å². The summed E-state index contributed by atoms with van der Waals surface area (Å²) in [5.74, 6) is -5.66. The second kappa shape index (κ2) is 21.9. The van der Waals surface area contributed by atoms with Gasteiger partial charge in [-0.3, -0.25) is 0 Å². The molecule has 0 aromatic heterocycles. The molecule has 244 valence electrons. The minimum Gasteiger partial charge on any atom is -0.479 e. The van der Waals surface area contributed by atoms with E-state index in [-0.39, 0.29) is 19.8 Å². The Labute approximate surface area is 259 Å². The predicted molar refractivity (Wildman–Crippen MR) is 159 cm³/mol. The molecule has 45 heavy (non-hydrogen) atoms. The average molecular weight is 631 g/mol. The fourth-order valence-corrected chi connectivity index (χ4v) is 3.30. The van der Waals surface area contributed by atoms with Crippen LogP contribution in [0.15, 0.2) is 91.0 Å². The van der Waals surface area contributed by atoms with Crippen LogP contribution in [0.2, 0.25) is 0 Å². The molecule has 0 aliphatic carbocycles. The highest BCUT2D eigenvalue weighted by Gasteiger charge is 2.33. The Morgan fingerprint density at radius 1 is 0.489 bits per heavy atom. The van der Waals surface area contributed by atoms with Crippen molar-refractivity contribution < 1.29 is 64.4 Å². The lowest BCUT2D eigenvalue weighted by Gasteiger charge is -2.16. The van der Waals surface area contributed by atoms with Gasteiger partial charge in [-0.15, -0.1) is 0 Å². The fourth-order valence-electron chi connectivity index (χ4n) is 3.30. The Hall–Kier alpha value is -4.66. The summed E-state index contributed by atoms with van der Waals surface area (Å²) in [6, 6.07) is 28.7. The molecule has 13 heteroatoms. The van der Waals surface area contributed by atoms with E-state index < -0.39 is 48.3 Å². The second-order valence-electron chi connectivity index (χ2n) is 9.22. The maximum Gasteiger partial charge on any atom is 0.338 e. The minimum atomic E-state index is -2.27. The first-order chi connectivity index (χ1) is 21.5. The number of benzene rings is 3. The van der Waals surface area contributed by atoms with Gasteiger partial charge in [0.15, 0.2) is 24.4 Å². The molecule has 4 atom stereocenters. The topological polar surface area (TPSA) is 228 Å². The Morgan fingerprint density at radius 2 is 0.778 bits per heavy atom. The van der Waals surface area contributed by atoms with Crippen molar-refractivity contribution in [3.05, 3.63) is 108 Å². The lowest BCUT2D eigenvalue weighted by atomic mass is 10.1. The third-order valence-electron chi connectivity index (χ3n) is 5.79. The summed E-state index contributed by atoms with van der Waals surface area (Å²) in [5, 5.41) is 60.5. The Kier molecular flexibility index (Phi) is 18.7. The predicted octanol–water partition coefficient (Wildman–Crippen LogP) is 0.379. The van der Waals surface area contributed by atoms with E-state index in [1.165, 1.54) is 5.56 Å². The van der Waals surface area contributed by atoms with Gasteiger partial charge in [0.25, 0.3) is 0 Å². The van der Waals surface area contributed by atoms with Crippen LogP contribution in [0.1, 0.15) is 16.7 Å². The van der Waals surface area contributed by atoms with Crippen molar-refractivity contribution in [3.63, 3.8) is 0 Å². The zero-order valence-corrected chi connectivity index (χ0v) is 24.3. The number of aliphatic carboxylic acids is 2. The van der Waals surface area contributed by atoms with Crippen molar-refractivity contribution in [2.75, 3.05) is 19.8 Å². The van der Waals surface area contributed by atoms with Gasteiger partial charge in [0.1, 0.15) is 0 Å². The van der Waals surface area contributed by atoms with Gasteiger partial charge in [0.2, 0.25) is 0 Å². The molecule has 3 aromatic carbocycles. The number of carbonyl (C=O) groups excluding carboxylic acids is 2. The summed E-state index contributed by atoms with van der Waals surface area (Å²) in [6.07, 6.45) is -6.78. The standard InChI is InChI=1S/C20H22O6.C8H10O.C4H6O6/c21-17(19(23)25-13-11-15-7-3-1-4-8-15)18(22)20(24)26-14-12-16-9-5-2-6-10-16;9-7-6-8-4-2-1-3-5-8;5-1(3(7)8)2(6)4(9)10/h1-10,17-18,21-22H,11-14H2;1-5,9H,6-7H2;1-2,5-6H,(H,7,8)(H,9,10)/t17-,18-;;1-,2-/m1.1/s1. The van der Waals surface area contributed by atoms with E-state index in [4.69, 9.17) is 35.0 Å². The first kappa shape index (κ1) is 38.4. The van der Waals surface area contributed by atoms with Gasteiger partial charge in [-0.25, -0.2) is 19.2 Å². The van der Waals surface area contributed by atoms with Crippen molar-refractivity contribution >= 4 is 23.9 Å². The van der Waals surface area contributed by atoms with E-state index in [0.29, 0.717) is 12.8 Å². The number of aliphatic hydroxyl groups excluding tert-OH is 5. The van der Waals surface area contributed by atoms with E-state index in [1.54, 1.807) is 0 Å². The maximum atomic E-state index is 11.7. The van der Waals surface area contributed by atoms with Crippen molar-refractivity contribution in [3.8, 4) is 0 Å². The first-order valence-electron chi connectivity index (χ1n) is 13.7. The van der Waals surface area contributed by atoms with Gasteiger partial charge in [-0.2, -0.15) is 0 Å². The summed E-state index contributed by atoms with van der Waals surface area (Å²) < 4.78 is 9.79. The molecule has 0 saturated carbocycles. The van der Waals surface area contributed by atoms with Gasteiger partial charge in [0, 0.05) is 19.4 Å². The van der Waals surface area contributed by atoms with Crippen LogP contribution in [0, 0.1) is 0 Å². The van der Waals surface area contributed by atoms with E-state index in [9.17, 15) is 29.4 Å². The number of hydrogen-bond acceptors (Lipinski definition) is 11. The van der Waals surface area contributed by atoms with Gasteiger partial charge < -0.3 is 45.2 Å². The molecule has 3 aromatic rings. The van der Waals surface area contributed by atoms with Crippen molar-refractivity contribution in [1.29, 1.82) is 0 Å². The van der Waals surface area contributed by atoms with E-state index in [2.05, 4.69) is 0 Å². The Balaban J connectivity index is 0.000000434. The molecule has 0 amide bonds. The molecule has 0 spiro atoms. The van der Waals surface area contributed by atoms with Gasteiger partial charge in [-0.05, 0) is 23.1 Å². The van der Waals surface area contributed by atoms with Crippen LogP contribution in [0.25, 0.3) is 0 Å². The number of carboxylic acids is 2. The third kappa shape index (κ3) is 16.1. The maximum absolute atomic E-state index is 11.7. The lowest BCUT2D eigenvalue weighted by molar-refractivity contribution is -0.173. The zero-order valence-electron chi connectivity index (χ0n) is 24.3. The summed E-state index contributed by atoms with van der Waals surface area (Å²) in [7, 11) is 0. The normalized spacial score (nSPS) is 12.8. The molecule has 3 rings (SSSR count). The molecule has 0 aliphatic heterocycles. The average Bonchev–Trinajstić information content (AvgIpc) is 3.05. The summed E-state index contributed by atoms with van der Waals surface area (Å²) >= 11 is 0. The van der Waals surface area contributed by atoms with Crippen LogP contribution in [-0.2, 0) is 47.9 Å². The fraction of sp³-hybridized carbons (Fsp3) is 0.312. The Bertz CT molecular complexity index is 1190. The number of carboxylic acid groups (broad SMARTS) is 2. The number of ether oxygens (including phenoxy) is 2. The molecule has 0 aliphatic rings. The van der Waals surface area contributed by atoms with Gasteiger partial charge in [0.05, 0.1) is 13.2 Å². The van der Waals surface area contributed by atoms with Crippen LogP contribution < -0.4 is 0 Å². The molecule has 0 fully saturated rings. The monoisotopic (exact) mass is 630 g/mol. The molecule has 0 unspecified atom stereocenters. The number of rotatable bonds is 14. The highest BCUT2D eigenvalue weighted by atomic mass is 16.6. The highest BCUT2D eigenvalue weighted by Crippen LogP contribution is 2.05. The zero-order chi connectivity index (χ0) is 33.6. The summed E-state index contributed by atoms with van der Waals surface area (Å²) in [5.41, 5.74) is 3.13. The smallest absolute Gasteiger partial charge is 0.338 e. The molecule has 0 saturated heterocycles. The summed E-state index contributed by atoms with van der Waals surface area (Å²) in [6.45, 7) is 0.315. The van der Waals surface area contributed by atoms with Crippen molar-refractivity contribution in [2.45, 2.75) is 43.7 Å². The molecular weight excluding hydrogens is 592 g/mol. The molecule has 7 N–H and O–H groups in total. The van der Waals surface area contributed by atoms with E-state index in [1.807, 2.05) is 91.0 Å².